The Morgan fingerprint density at radius 2 is 2.06 bits per heavy atom. The number of carbonyl (C=O) groups is 2. The van der Waals surface area contributed by atoms with Gasteiger partial charge in [-0.3, -0.25) is 10.1 Å². The maximum Gasteiger partial charge on any atom is 0.325 e. The summed E-state index contributed by atoms with van der Waals surface area (Å²) in [6.45, 7) is 0. The fourth-order valence-corrected chi connectivity index (χ4v) is 1.19. The number of hydrogen-bond donors (Lipinski definition) is 2. The summed E-state index contributed by atoms with van der Waals surface area (Å²) in [4.78, 5) is 21.9. The lowest BCUT2D eigenvalue weighted by atomic mass is 10.3. The highest BCUT2D eigenvalue weighted by molar-refractivity contribution is 6.34. The molecule has 7 heteroatoms. The van der Waals surface area contributed by atoms with Crippen LogP contribution in [0.5, 0.6) is 0 Å². The Morgan fingerprint density at radius 1 is 1.38 bits per heavy atom. The monoisotopic (exact) mass is 264 g/mol. The molecule has 0 unspecified atom stereocenters. The molecule has 1 aromatic carbocycles. The number of urea groups is 1. The molecule has 0 aliphatic heterocycles. The zero-order chi connectivity index (χ0) is 12.1. The van der Waals surface area contributed by atoms with E-state index in [4.69, 9.17) is 23.2 Å². The smallest absolute Gasteiger partial charge is 0.306 e. The van der Waals surface area contributed by atoms with E-state index in [1.807, 2.05) is 5.32 Å². The van der Waals surface area contributed by atoms with Gasteiger partial charge in [0.25, 0.3) is 0 Å². The second kappa shape index (κ2) is 5.67. The Balaban J connectivity index is 2.66. The maximum atomic E-state index is 12.7. The summed E-state index contributed by atoms with van der Waals surface area (Å²) in [5.41, 5.74) is 0.197. The summed E-state index contributed by atoms with van der Waals surface area (Å²) in [6.07, 6.45) is 0. The van der Waals surface area contributed by atoms with Crippen LogP contribution in [0.1, 0.15) is 0 Å². The molecule has 1 aromatic rings. The van der Waals surface area contributed by atoms with Crippen LogP contribution in [0.2, 0.25) is 5.02 Å². The summed E-state index contributed by atoms with van der Waals surface area (Å²) >= 11 is 10.8. The van der Waals surface area contributed by atoms with Crippen LogP contribution in [0.4, 0.5) is 14.9 Å². The zero-order valence-electron chi connectivity index (χ0n) is 7.89. The molecule has 0 spiro atoms. The van der Waals surface area contributed by atoms with Crippen LogP contribution in [-0.4, -0.2) is 17.8 Å². The van der Waals surface area contributed by atoms with Crippen LogP contribution in [-0.2, 0) is 4.79 Å². The Labute approximate surface area is 101 Å². The molecule has 0 heterocycles. The molecule has 4 nitrogen and oxygen atoms in total. The van der Waals surface area contributed by atoms with Crippen molar-refractivity contribution in [1.29, 1.82) is 0 Å². The minimum absolute atomic E-state index is 0.0356. The quantitative estimate of drug-likeness (QED) is 0.806. The van der Waals surface area contributed by atoms with Crippen LogP contribution >= 0.6 is 23.2 Å². The van der Waals surface area contributed by atoms with Crippen LogP contribution in [0.15, 0.2) is 18.2 Å². The minimum atomic E-state index is -0.779. The molecular weight excluding hydrogens is 258 g/mol. The normalized spacial score (nSPS) is 9.69. The fraction of sp³-hybridized carbons (Fsp3) is 0.111. The summed E-state index contributed by atoms with van der Waals surface area (Å²) in [7, 11) is 0. The van der Waals surface area contributed by atoms with Crippen molar-refractivity contribution in [1.82, 2.24) is 5.32 Å². The number of imide groups is 1. The molecule has 1 rings (SSSR count). The number of halogens is 3. The first-order chi connectivity index (χ1) is 7.52. The van der Waals surface area contributed by atoms with Gasteiger partial charge in [0.1, 0.15) is 11.7 Å². The van der Waals surface area contributed by atoms with Crippen molar-refractivity contribution >= 4 is 40.8 Å². The van der Waals surface area contributed by atoms with Gasteiger partial charge < -0.3 is 5.32 Å². The summed E-state index contributed by atoms with van der Waals surface area (Å²) in [6, 6.07) is 2.67. The molecule has 0 aliphatic carbocycles. The van der Waals surface area contributed by atoms with Gasteiger partial charge in [0, 0.05) is 0 Å². The van der Waals surface area contributed by atoms with E-state index >= 15 is 0 Å². The fourth-order valence-electron chi connectivity index (χ4n) is 0.904. The van der Waals surface area contributed by atoms with Crippen molar-refractivity contribution in [2.75, 3.05) is 11.2 Å². The molecule has 3 amide bonds. The number of benzene rings is 1. The third kappa shape index (κ3) is 3.67. The first-order valence-corrected chi connectivity index (χ1v) is 5.06. The highest BCUT2D eigenvalue weighted by atomic mass is 35.5. The Hall–Kier alpha value is -1.33. The number of amides is 3. The van der Waals surface area contributed by atoms with Gasteiger partial charge in [-0.05, 0) is 18.2 Å². The second-order valence-electron chi connectivity index (χ2n) is 2.76. The van der Waals surface area contributed by atoms with E-state index in [0.29, 0.717) is 0 Å². The van der Waals surface area contributed by atoms with Gasteiger partial charge in [-0.25, -0.2) is 9.18 Å². The van der Waals surface area contributed by atoms with Gasteiger partial charge in [0.05, 0.1) is 10.7 Å². The number of anilines is 1. The Kier molecular flexibility index (Phi) is 4.52. The van der Waals surface area contributed by atoms with Gasteiger partial charge in [-0.1, -0.05) is 11.6 Å². The van der Waals surface area contributed by atoms with Gasteiger partial charge in [0.2, 0.25) is 5.91 Å². The summed E-state index contributed by atoms with van der Waals surface area (Å²) in [5, 5.41) is 4.26. The van der Waals surface area contributed by atoms with E-state index in [1.165, 1.54) is 6.07 Å². The van der Waals surface area contributed by atoms with Gasteiger partial charge in [-0.15, -0.1) is 11.6 Å². The minimum Gasteiger partial charge on any atom is -0.306 e. The summed E-state index contributed by atoms with van der Waals surface area (Å²) < 4.78 is 12.7. The van der Waals surface area contributed by atoms with Crippen molar-refractivity contribution in [2.24, 2.45) is 0 Å². The molecule has 86 valence electrons. The predicted molar refractivity (Wildman–Crippen MR) is 59.3 cm³/mol. The highest BCUT2D eigenvalue weighted by Crippen LogP contribution is 2.21. The number of rotatable bonds is 2. The van der Waals surface area contributed by atoms with Crippen molar-refractivity contribution in [3.05, 3.63) is 29.0 Å². The number of hydrogen-bond acceptors (Lipinski definition) is 2. The molecular formula is C9H7Cl2FN2O2. The highest BCUT2D eigenvalue weighted by Gasteiger charge is 2.08. The lowest BCUT2D eigenvalue weighted by Crippen LogP contribution is -2.35. The standard InChI is InChI=1S/C9H7Cl2FN2O2/c10-4-8(15)14-9(16)13-7-2-1-5(12)3-6(7)11/h1-3H,4H2,(H2,13,14,15,16). The molecule has 0 bridgehead atoms. The molecule has 0 fully saturated rings. The van der Waals surface area contributed by atoms with E-state index in [2.05, 4.69) is 5.32 Å². The predicted octanol–water partition coefficient (Wildman–Crippen LogP) is 2.37. The SMILES string of the molecule is O=C(CCl)NC(=O)Nc1ccc(F)cc1Cl. The average Bonchev–Trinajstić information content (AvgIpc) is 2.22. The topological polar surface area (TPSA) is 58.2 Å². The van der Waals surface area contributed by atoms with E-state index < -0.39 is 17.8 Å². The Bertz CT molecular complexity index is 426. The molecule has 0 saturated heterocycles. The van der Waals surface area contributed by atoms with Crippen LogP contribution in [0.3, 0.4) is 0 Å². The molecule has 0 atom stereocenters. The van der Waals surface area contributed by atoms with E-state index in [1.54, 1.807) is 0 Å². The molecule has 0 radical (unpaired) electrons. The third-order valence-electron chi connectivity index (χ3n) is 1.55. The van der Waals surface area contributed by atoms with Crippen molar-refractivity contribution < 1.29 is 14.0 Å². The summed E-state index contributed by atoms with van der Waals surface area (Å²) in [5.74, 6) is -1.49. The molecule has 16 heavy (non-hydrogen) atoms. The maximum absolute atomic E-state index is 12.7. The van der Waals surface area contributed by atoms with Gasteiger partial charge in [-0.2, -0.15) is 0 Å². The van der Waals surface area contributed by atoms with Crippen molar-refractivity contribution in [3.8, 4) is 0 Å². The lowest BCUT2D eigenvalue weighted by molar-refractivity contribution is -0.117. The van der Waals surface area contributed by atoms with Crippen molar-refractivity contribution in [2.45, 2.75) is 0 Å². The van der Waals surface area contributed by atoms with Crippen LogP contribution in [0, 0.1) is 5.82 Å². The largest absolute Gasteiger partial charge is 0.325 e. The van der Waals surface area contributed by atoms with E-state index in [0.717, 1.165) is 12.1 Å². The van der Waals surface area contributed by atoms with Gasteiger partial charge >= 0.3 is 6.03 Å². The number of carbonyl (C=O) groups excluding carboxylic acids is 2. The Morgan fingerprint density at radius 3 is 2.62 bits per heavy atom. The van der Waals surface area contributed by atoms with E-state index in [9.17, 15) is 14.0 Å². The van der Waals surface area contributed by atoms with E-state index in [-0.39, 0.29) is 16.6 Å². The first kappa shape index (κ1) is 12.7. The lowest BCUT2D eigenvalue weighted by Gasteiger charge is -2.07. The number of nitrogens with one attached hydrogen (secondary N) is 2. The third-order valence-corrected chi connectivity index (χ3v) is 2.11. The van der Waals surface area contributed by atoms with Crippen LogP contribution in [0.25, 0.3) is 0 Å². The van der Waals surface area contributed by atoms with Crippen molar-refractivity contribution in [3.63, 3.8) is 0 Å². The molecule has 0 saturated carbocycles. The molecule has 0 aliphatic rings. The average molecular weight is 265 g/mol. The molecule has 2 N–H and O–H groups in total. The van der Waals surface area contributed by atoms with Crippen LogP contribution < -0.4 is 10.6 Å². The zero-order valence-corrected chi connectivity index (χ0v) is 9.40. The van der Waals surface area contributed by atoms with Gasteiger partial charge in [0.15, 0.2) is 0 Å². The second-order valence-corrected chi connectivity index (χ2v) is 3.43. The first-order valence-electron chi connectivity index (χ1n) is 4.15. The number of alkyl halides is 1. The molecule has 0 aromatic heterocycles.